The number of hydrogen-bond donors (Lipinski definition) is 0. The quantitative estimate of drug-likeness (QED) is 0.780. The Labute approximate surface area is 100 Å². The first-order chi connectivity index (χ1) is 8.29. The molecule has 2 rings (SSSR count). The summed E-state index contributed by atoms with van der Waals surface area (Å²) in [5.74, 6) is 1.47. The molecule has 1 heterocycles. The first-order valence-corrected chi connectivity index (χ1v) is 5.67. The predicted octanol–water partition coefficient (Wildman–Crippen LogP) is 1.68. The van der Waals surface area contributed by atoms with E-state index in [0.29, 0.717) is 19.0 Å². The predicted molar refractivity (Wildman–Crippen MR) is 62.4 cm³/mol. The maximum absolute atomic E-state index is 11.7. The van der Waals surface area contributed by atoms with Crippen molar-refractivity contribution >= 4 is 5.78 Å². The van der Waals surface area contributed by atoms with E-state index in [-0.39, 0.29) is 18.3 Å². The molecule has 0 aliphatic carbocycles. The monoisotopic (exact) mass is 236 g/mol. The smallest absolute Gasteiger partial charge is 0.175 e. The molecule has 92 valence electrons. The summed E-state index contributed by atoms with van der Waals surface area (Å²) in [4.78, 5) is 11.7. The van der Waals surface area contributed by atoms with E-state index in [1.165, 1.54) is 0 Å². The molecule has 1 aliphatic heterocycles. The van der Waals surface area contributed by atoms with Crippen LogP contribution in [-0.4, -0.2) is 32.7 Å². The average molecular weight is 236 g/mol. The highest BCUT2D eigenvalue weighted by Gasteiger charge is 2.23. The van der Waals surface area contributed by atoms with Gasteiger partial charge in [-0.15, -0.1) is 0 Å². The van der Waals surface area contributed by atoms with E-state index in [0.717, 1.165) is 12.2 Å². The van der Waals surface area contributed by atoms with Gasteiger partial charge in [-0.3, -0.25) is 4.79 Å². The lowest BCUT2D eigenvalue weighted by atomic mass is 10.0. The minimum atomic E-state index is 0.000563. The number of benzene rings is 1. The topological polar surface area (TPSA) is 44.8 Å². The minimum Gasteiger partial charge on any atom is -0.497 e. The maximum Gasteiger partial charge on any atom is 0.175 e. The van der Waals surface area contributed by atoms with Gasteiger partial charge in [0, 0.05) is 18.6 Å². The van der Waals surface area contributed by atoms with Crippen molar-refractivity contribution in [3.63, 3.8) is 0 Å². The standard InChI is InChI=1S/C13H16O4/c1-15-11-3-2-4-12(7-11)17-9-13(14)10-5-6-16-8-10/h2-4,7,10H,5-6,8-9H2,1H3. The molecule has 17 heavy (non-hydrogen) atoms. The number of ketones is 1. The highest BCUT2D eigenvalue weighted by Crippen LogP contribution is 2.20. The molecule has 1 aliphatic rings. The van der Waals surface area contributed by atoms with Crippen LogP contribution < -0.4 is 9.47 Å². The van der Waals surface area contributed by atoms with Gasteiger partial charge in [-0.05, 0) is 18.6 Å². The first-order valence-electron chi connectivity index (χ1n) is 5.67. The number of rotatable bonds is 5. The van der Waals surface area contributed by atoms with Crippen LogP contribution in [0.15, 0.2) is 24.3 Å². The summed E-state index contributed by atoms with van der Waals surface area (Å²) in [5.41, 5.74) is 0. The largest absolute Gasteiger partial charge is 0.497 e. The first kappa shape index (κ1) is 11.9. The highest BCUT2D eigenvalue weighted by molar-refractivity contribution is 5.82. The van der Waals surface area contributed by atoms with E-state index in [4.69, 9.17) is 14.2 Å². The van der Waals surface area contributed by atoms with Gasteiger partial charge in [-0.1, -0.05) is 6.07 Å². The van der Waals surface area contributed by atoms with E-state index in [1.54, 1.807) is 19.2 Å². The number of Topliss-reactive ketones (excluding diaryl/α,β-unsaturated/α-hetero) is 1. The molecule has 0 radical (unpaired) electrons. The van der Waals surface area contributed by atoms with Crippen molar-refractivity contribution < 1.29 is 19.0 Å². The molecule has 0 bridgehead atoms. The Balaban J connectivity index is 1.86. The second-order valence-corrected chi connectivity index (χ2v) is 3.99. The van der Waals surface area contributed by atoms with Crippen LogP contribution in [0.1, 0.15) is 6.42 Å². The van der Waals surface area contributed by atoms with Gasteiger partial charge in [0.25, 0.3) is 0 Å². The fourth-order valence-electron chi connectivity index (χ4n) is 1.75. The summed E-state index contributed by atoms with van der Waals surface area (Å²) in [7, 11) is 1.60. The third-order valence-corrected chi connectivity index (χ3v) is 2.81. The number of methoxy groups -OCH3 is 1. The van der Waals surface area contributed by atoms with E-state index < -0.39 is 0 Å². The molecule has 1 atom stereocenters. The second-order valence-electron chi connectivity index (χ2n) is 3.99. The zero-order valence-corrected chi connectivity index (χ0v) is 9.85. The van der Waals surface area contributed by atoms with Crippen molar-refractivity contribution in [2.45, 2.75) is 6.42 Å². The van der Waals surface area contributed by atoms with Crippen LogP contribution >= 0.6 is 0 Å². The highest BCUT2D eigenvalue weighted by atomic mass is 16.5. The van der Waals surface area contributed by atoms with Crippen molar-refractivity contribution in [1.82, 2.24) is 0 Å². The van der Waals surface area contributed by atoms with E-state index >= 15 is 0 Å². The number of carbonyl (C=O) groups excluding carboxylic acids is 1. The SMILES string of the molecule is COc1cccc(OCC(=O)C2CCOC2)c1. The molecular weight excluding hydrogens is 220 g/mol. The van der Waals surface area contributed by atoms with E-state index in [1.807, 2.05) is 12.1 Å². The Morgan fingerprint density at radius 2 is 2.29 bits per heavy atom. The van der Waals surface area contributed by atoms with Gasteiger partial charge in [0.15, 0.2) is 5.78 Å². The van der Waals surface area contributed by atoms with Crippen molar-refractivity contribution in [3.05, 3.63) is 24.3 Å². The molecule has 0 aromatic heterocycles. The molecule has 1 aromatic rings. The van der Waals surface area contributed by atoms with Gasteiger partial charge in [-0.2, -0.15) is 0 Å². The number of carbonyl (C=O) groups is 1. The van der Waals surface area contributed by atoms with Crippen LogP contribution in [0, 0.1) is 5.92 Å². The van der Waals surface area contributed by atoms with Gasteiger partial charge in [0.2, 0.25) is 0 Å². The second kappa shape index (κ2) is 5.68. The molecule has 4 heteroatoms. The molecule has 1 fully saturated rings. The fraction of sp³-hybridized carbons (Fsp3) is 0.462. The molecule has 1 saturated heterocycles. The molecule has 0 N–H and O–H groups in total. The van der Waals surface area contributed by atoms with Crippen LogP contribution in [0.4, 0.5) is 0 Å². The fourth-order valence-corrected chi connectivity index (χ4v) is 1.75. The van der Waals surface area contributed by atoms with Gasteiger partial charge in [0.1, 0.15) is 18.1 Å². The summed E-state index contributed by atoms with van der Waals surface area (Å²) in [6.07, 6.45) is 0.806. The Kier molecular flexibility index (Phi) is 3.98. The van der Waals surface area contributed by atoms with Crippen molar-refractivity contribution in [1.29, 1.82) is 0 Å². The average Bonchev–Trinajstić information content (AvgIpc) is 2.90. The molecule has 0 amide bonds. The lowest BCUT2D eigenvalue weighted by molar-refractivity contribution is -0.124. The summed E-state index contributed by atoms with van der Waals surface area (Å²) >= 11 is 0. The van der Waals surface area contributed by atoms with Crippen molar-refractivity contribution in [2.24, 2.45) is 5.92 Å². The summed E-state index contributed by atoms with van der Waals surface area (Å²) < 4.78 is 15.7. The van der Waals surface area contributed by atoms with Crippen LogP contribution in [0.2, 0.25) is 0 Å². The Morgan fingerprint density at radius 3 is 3.00 bits per heavy atom. The van der Waals surface area contributed by atoms with Gasteiger partial charge in [0.05, 0.1) is 13.7 Å². The Morgan fingerprint density at radius 1 is 1.47 bits per heavy atom. The number of ether oxygens (including phenoxy) is 3. The molecular formula is C13H16O4. The third-order valence-electron chi connectivity index (χ3n) is 2.81. The summed E-state index contributed by atoms with van der Waals surface area (Å²) in [6.45, 7) is 1.30. The Hall–Kier alpha value is -1.55. The summed E-state index contributed by atoms with van der Waals surface area (Å²) in [6, 6.07) is 7.23. The number of hydrogen-bond acceptors (Lipinski definition) is 4. The zero-order chi connectivity index (χ0) is 12.1. The van der Waals surface area contributed by atoms with Crippen LogP contribution in [0.5, 0.6) is 11.5 Å². The Bertz CT molecular complexity index is 383. The lowest BCUT2D eigenvalue weighted by Gasteiger charge is -2.09. The van der Waals surface area contributed by atoms with Crippen molar-refractivity contribution in [3.8, 4) is 11.5 Å². The van der Waals surface area contributed by atoms with Crippen LogP contribution in [0.25, 0.3) is 0 Å². The normalized spacial score (nSPS) is 19.0. The molecule has 4 nitrogen and oxygen atoms in total. The van der Waals surface area contributed by atoms with Crippen molar-refractivity contribution in [2.75, 3.05) is 26.9 Å². The molecule has 0 spiro atoms. The minimum absolute atomic E-state index is 0.000563. The molecule has 1 aromatic carbocycles. The van der Waals surface area contributed by atoms with Gasteiger partial charge < -0.3 is 14.2 Å². The van der Waals surface area contributed by atoms with Crippen LogP contribution in [-0.2, 0) is 9.53 Å². The van der Waals surface area contributed by atoms with Crippen LogP contribution in [0.3, 0.4) is 0 Å². The van der Waals surface area contributed by atoms with Gasteiger partial charge in [-0.25, -0.2) is 0 Å². The molecule has 0 saturated carbocycles. The summed E-state index contributed by atoms with van der Waals surface area (Å²) in [5, 5.41) is 0. The maximum atomic E-state index is 11.7. The van der Waals surface area contributed by atoms with E-state index in [2.05, 4.69) is 0 Å². The zero-order valence-electron chi connectivity index (χ0n) is 9.85. The van der Waals surface area contributed by atoms with E-state index in [9.17, 15) is 4.79 Å². The lowest BCUT2D eigenvalue weighted by Crippen LogP contribution is -2.21. The molecule has 1 unspecified atom stereocenters. The third kappa shape index (κ3) is 3.20. The van der Waals surface area contributed by atoms with Gasteiger partial charge >= 0.3 is 0 Å².